The second-order valence-electron chi connectivity index (χ2n) is 4.47. The minimum atomic E-state index is 0.0706. The van der Waals surface area contributed by atoms with Crippen LogP contribution in [0.5, 0.6) is 0 Å². The second-order valence-corrected chi connectivity index (χ2v) is 5.45. The zero-order valence-corrected chi connectivity index (χ0v) is 11.8. The summed E-state index contributed by atoms with van der Waals surface area (Å²) in [5.74, 6) is 1.34. The molecule has 3 nitrogen and oxygen atoms in total. The quantitative estimate of drug-likeness (QED) is 0.887. The lowest BCUT2D eigenvalue weighted by atomic mass is 10.1. The van der Waals surface area contributed by atoms with Crippen LogP contribution >= 0.6 is 11.8 Å². The molecule has 0 aliphatic carbocycles. The first-order valence-corrected chi connectivity index (χ1v) is 7.05. The van der Waals surface area contributed by atoms with Crippen molar-refractivity contribution >= 4 is 17.7 Å². The number of thioether (sulfide) groups is 1. The van der Waals surface area contributed by atoms with Gasteiger partial charge < -0.3 is 5.32 Å². The Bertz CT molecular complexity index is 463. The van der Waals surface area contributed by atoms with Crippen LogP contribution in [-0.2, 0) is 10.5 Å². The van der Waals surface area contributed by atoms with Gasteiger partial charge in [-0.15, -0.1) is 11.8 Å². The molecule has 0 atom stereocenters. The van der Waals surface area contributed by atoms with Crippen LogP contribution in [0.15, 0.2) is 18.2 Å². The average molecular weight is 262 g/mol. The van der Waals surface area contributed by atoms with Crippen LogP contribution in [0.4, 0.5) is 0 Å². The fourth-order valence-corrected chi connectivity index (χ4v) is 2.46. The summed E-state index contributed by atoms with van der Waals surface area (Å²) in [6, 6.07) is 7.96. The van der Waals surface area contributed by atoms with E-state index in [1.54, 1.807) is 11.8 Å². The van der Waals surface area contributed by atoms with Gasteiger partial charge in [-0.25, -0.2) is 0 Å². The van der Waals surface area contributed by atoms with Crippen LogP contribution < -0.4 is 5.32 Å². The SMILES string of the molecule is Cc1cc(C#N)ccc1CSCC(=O)NC(C)C. The Hall–Kier alpha value is -1.47. The van der Waals surface area contributed by atoms with Gasteiger partial charge in [0.1, 0.15) is 0 Å². The third kappa shape index (κ3) is 4.80. The summed E-state index contributed by atoms with van der Waals surface area (Å²) in [4.78, 5) is 11.5. The number of nitrogens with zero attached hydrogens (tertiary/aromatic N) is 1. The molecule has 1 aromatic rings. The molecular weight excluding hydrogens is 244 g/mol. The number of carbonyl (C=O) groups is 1. The zero-order chi connectivity index (χ0) is 13.5. The molecule has 0 aromatic heterocycles. The van der Waals surface area contributed by atoms with Gasteiger partial charge in [-0.3, -0.25) is 4.79 Å². The molecule has 4 heteroatoms. The molecule has 1 amide bonds. The Balaban J connectivity index is 2.45. The Morgan fingerprint density at radius 2 is 2.22 bits per heavy atom. The fourth-order valence-electron chi connectivity index (χ4n) is 1.54. The van der Waals surface area contributed by atoms with Crippen LogP contribution in [0.1, 0.15) is 30.5 Å². The number of benzene rings is 1. The number of hydrogen-bond donors (Lipinski definition) is 1. The van der Waals surface area contributed by atoms with E-state index in [4.69, 9.17) is 5.26 Å². The molecule has 96 valence electrons. The normalized spacial score (nSPS) is 10.2. The van der Waals surface area contributed by atoms with E-state index in [1.807, 2.05) is 39.0 Å². The molecule has 0 radical (unpaired) electrons. The first-order valence-electron chi connectivity index (χ1n) is 5.89. The molecule has 0 saturated carbocycles. The van der Waals surface area contributed by atoms with Crippen molar-refractivity contribution < 1.29 is 4.79 Å². The first kappa shape index (κ1) is 14.6. The molecular formula is C14H18N2OS. The molecule has 0 aliphatic heterocycles. The van der Waals surface area contributed by atoms with Crippen molar-refractivity contribution in [2.45, 2.75) is 32.6 Å². The molecule has 1 rings (SSSR count). The van der Waals surface area contributed by atoms with E-state index in [-0.39, 0.29) is 11.9 Å². The smallest absolute Gasteiger partial charge is 0.230 e. The molecule has 0 aliphatic rings. The summed E-state index contributed by atoms with van der Waals surface area (Å²) in [5, 5.41) is 11.6. The van der Waals surface area contributed by atoms with Crippen LogP contribution in [0.2, 0.25) is 0 Å². The average Bonchev–Trinajstić information content (AvgIpc) is 2.30. The van der Waals surface area contributed by atoms with Crippen molar-refractivity contribution in [2.24, 2.45) is 0 Å². The van der Waals surface area contributed by atoms with Gasteiger partial charge in [-0.05, 0) is 44.0 Å². The van der Waals surface area contributed by atoms with Crippen molar-refractivity contribution in [2.75, 3.05) is 5.75 Å². The summed E-state index contributed by atoms with van der Waals surface area (Å²) in [7, 11) is 0. The largest absolute Gasteiger partial charge is 0.353 e. The maximum Gasteiger partial charge on any atom is 0.230 e. The van der Waals surface area contributed by atoms with Gasteiger partial charge in [0, 0.05) is 11.8 Å². The summed E-state index contributed by atoms with van der Waals surface area (Å²) in [6.07, 6.45) is 0. The second kappa shape index (κ2) is 7.07. The summed E-state index contributed by atoms with van der Waals surface area (Å²) in [5.41, 5.74) is 2.96. The Kier molecular flexibility index (Phi) is 5.73. The highest BCUT2D eigenvalue weighted by Crippen LogP contribution is 2.17. The molecule has 1 aromatic carbocycles. The van der Waals surface area contributed by atoms with E-state index in [9.17, 15) is 4.79 Å². The third-order valence-corrected chi connectivity index (χ3v) is 3.39. The first-order chi connectivity index (χ1) is 8.52. The number of hydrogen-bond acceptors (Lipinski definition) is 3. The molecule has 0 spiro atoms. The van der Waals surface area contributed by atoms with Gasteiger partial charge in [0.25, 0.3) is 0 Å². The van der Waals surface area contributed by atoms with E-state index in [2.05, 4.69) is 11.4 Å². The number of carbonyl (C=O) groups excluding carboxylic acids is 1. The monoisotopic (exact) mass is 262 g/mol. The molecule has 0 unspecified atom stereocenters. The van der Waals surface area contributed by atoms with Crippen molar-refractivity contribution in [3.8, 4) is 6.07 Å². The van der Waals surface area contributed by atoms with E-state index in [0.29, 0.717) is 11.3 Å². The molecule has 1 N–H and O–H groups in total. The van der Waals surface area contributed by atoms with Crippen LogP contribution in [0, 0.1) is 18.3 Å². The predicted octanol–water partition coefficient (Wildman–Crippen LogP) is 2.62. The van der Waals surface area contributed by atoms with E-state index < -0.39 is 0 Å². The van der Waals surface area contributed by atoms with Crippen molar-refractivity contribution in [3.05, 3.63) is 34.9 Å². The van der Waals surface area contributed by atoms with Crippen LogP contribution in [0.3, 0.4) is 0 Å². The maximum absolute atomic E-state index is 11.5. The fraction of sp³-hybridized carbons (Fsp3) is 0.429. The van der Waals surface area contributed by atoms with Gasteiger partial charge in [-0.2, -0.15) is 5.26 Å². The highest BCUT2D eigenvalue weighted by molar-refractivity contribution is 7.99. The standard InChI is InChI=1S/C14H18N2OS/c1-10(2)16-14(17)9-18-8-13-5-4-12(7-15)6-11(13)3/h4-6,10H,8-9H2,1-3H3,(H,16,17). The summed E-state index contributed by atoms with van der Waals surface area (Å²) < 4.78 is 0. The lowest BCUT2D eigenvalue weighted by Gasteiger charge is -2.09. The Morgan fingerprint density at radius 3 is 2.78 bits per heavy atom. The molecule has 0 bridgehead atoms. The lowest BCUT2D eigenvalue weighted by molar-refractivity contribution is -0.119. The highest BCUT2D eigenvalue weighted by Gasteiger charge is 2.05. The molecule has 0 fully saturated rings. The van der Waals surface area contributed by atoms with Gasteiger partial charge in [0.05, 0.1) is 17.4 Å². The number of nitriles is 1. The minimum Gasteiger partial charge on any atom is -0.353 e. The topological polar surface area (TPSA) is 52.9 Å². The predicted molar refractivity (Wildman–Crippen MR) is 75.3 cm³/mol. The zero-order valence-electron chi connectivity index (χ0n) is 11.0. The number of nitrogens with one attached hydrogen (secondary N) is 1. The van der Waals surface area contributed by atoms with Crippen LogP contribution in [-0.4, -0.2) is 17.7 Å². The van der Waals surface area contributed by atoms with Gasteiger partial charge in [-0.1, -0.05) is 6.07 Å². The summed E-state index contributed by atoms with van der Waals surface area (Å²) in [6.45, 7) is 5.89. The Morgan fingerprint density at radius 1 is 1.50 bits per heavy atom. The van der Waals surface area contributed by atoms with Crippen molar-refractivity contribution in [1.29, 1.82) is 5.26 Å². The van der Waals surface area contributed by atoms with E-state index in [1.165, 1.54) is 5.56 Å². The van der Waals surface area contributed by atoms with Crippen molar-refractivity contribution in [1.82, 2.24) is 5.32 Å². The summed E-state index contributed by atoms with van der Waals surface area (Å²) >= 11 is 1.59. The van der Waals surface area contributed by atoms with Gasteiger partial charge in [0.15, 0.2) is 0 Å². The van der Waals surface area contributed by atoms with Gasteiger partial charge >= 0.3 is 0 Å². The van der Waals surface area contributed by atoms with Crippen molar-refractivity contribution in [3.63, 3.8) is 0 Å². The van der Waals surface area contributed by atoms with E-state index in [0.717, 1.165) is 11.3 Å². The van der Waals surface area contributed by atoms with E-state index >= 15 is 0 Å². The minimum absolute atomic E-state index is 0.0706. The Labute approximate surface area is 113 Å². The number of aryl methyl sites for hydroxylation is 1. The lowest BCUT2D eigenvalue weighted by Crippen LogP contribution is -2.31. The number of rotatable bonds is 5. The number of amides is 1. The van der Waals surface area contributed by atoms with Crippen LogP contribution in [0.25, 0.3) is 0 Å². The molecule has 0 saturated heterocycles. The highest BCUT2D eigenvalue weighted by atomic mass is 32.2. The molecule has 0 heterocycles. The maximum atomic E-state index is 11.5. The third-order valence-electron chi connectivity index (χ3n) is 2.41. The van der Waals surface area contributed by atoms with Gasteiger partial charge in [0.2, 0.25) is 5.91 Å². The molecule has 18 heavy (non-hydrogen) atoms.